The highest BCUT2D eigenvalue weighted by Gasteiger charge is 2.27. The van der Waals surface area contributed by atoms with Crippen molar-refractivity contribution >= 4 is 5.91 Å². The molecule has 6 nitrogen and oxygen atoms in total. The minimum absolute atomic E-state index is 0.0636. The number of amides is 1. The summed E-state index contributed by atoms with van der Waals surface area (Å²) in [5.74, 6) is 0.619. The van der Waals surface area contributed by atoms with Crippen molar-refractivity contribution in [1.29, 1.82) is 0 Å². The molecule has 0 spiro atoms. The number of carbonyl (C=O) groups is 1. The maximum atomic E-state index is 12.3. The highest BCUT2D eigenvalue weighted by Crippen LogP contribution is 2.20. The van der Waals surface area contributed by atoms with Gasteiger partial charge in [-0.1, -0.05) is 13.8 Å². The molecule has 2 N–H and O–H groups in total. The van der Waals surface area contributed by atoms with Gasteiger partial charge in [-0.15, -0.1) is 0 Å². The van der Waals surface area contributed by atoms with Crippen molar-refractivity contribution in [3.05, 3.63) is 41.6 Å². The first kappa shape index (κ1) is 16.3. The Morgan fingerprint density at radius 2 is 2.27 bits per heavy atom. The average molecular weight is 305 g/mol. The van der Waals surface area contributed by atoms with E-state index < -0.39 is 5.60 Å². The van der Waals surface area contributed by atoms with E-state index in [1.54, 1.807) is 25.3 Å². The number of rotatable bonds is 6. The van der Waals surface area contributed by atoms with Crippen molar-refractivity contribution in [3.8, 4) is 0 Å². The Morgan fingerprint density at radius 3 is 2.86 bits per heavy atom. The van der Waals surface area contributed by atoms with Crippen LogP contribution in [0.2, 0.25) is 0 Å². The average Bonchev–Trinajstić information content (AvgIpc) is 3.08. The molecular weight excluding hydrogens is 282 g/mol. The lowest BCUT2D eigenvalue weighted by Gasteiger charge is -2.21. The van der Waals surface area contributed by atoms with Crippen LogP contribution in [0.5, 0.6) is 0 Å². The van der Waals surface area contributed by atoms with E-state index in [2.05, 4.69) is 24.3 Å². The van der Waals surface area contributed by atoms with Gasteiger partial charge in [0.15, 0.2) is 0 Å². The zero-order valence-corrected chi connectivity index (χ0v) is 13.5. The lowest BCUT2D eigenvalue weighted by atomic mass is 10.0. The summed E-state index contributed by atoms with van der Waals surface area (Å²) in [6.45, 7) is 8.50. The molecule has 0 saturated heterocycles. The maximum absolute atomic E-state index is 12.3. The number of nitrogens with zero attached hydrogens (tertiary/aromatic N) is 2. The smallest absolute Gasteiger partial charge is 0.254 e. The minimum atomic E-state index is -1.25. The Morgan fingerprint density at radius 1 is 1.55 bits per heavy atom. The van der Waals surface area contributed by atoms with E-state index >= 15 is 0 Å². The summed E-state index contributed by atoms with van der Waals surface area (Å²) in [7, 11) is 0. The number of furan rings is 1. The first-order valence-electron chi connectivity index (χ1n) is 7.38. The molecule has 2 rings (SSSR count). The van der Waals surface area contributed by atoms with Gasteiger partial charge < -0.3 is 14.8 Å². The van der Waals surface area contributed by atoms with E-state index in [0.717, 1.165) is 12.2 Å². The van der Waals surface area contributed by atoms with Gasteiger partial charge in [0, 0.05) is 12.2 Å². The highest BCUT2D eigenvalue weighted by molar-refractivity contribution is 5.95. The van der Waals surface area contributed by atoms with Crippen molar-refractivity contribution in [3.63, 3.8) is 0 Å². The van der Waals surface area contributed by atoms with Crippen molar-refractivity contribution in [2.24, 2.45) is 5.92 Å². The van der Waals surface area contributed by atoms with Gasteiger partial charge in [0.05, 0.1) is 24.6 Å². The number of aliphatic hydroxyl groups is 1. The molecule has 2 aromatic heterocycles. The van der Waals surface area contributed by atoms with E-state index in [1.807, 2.05) is 11.6 Å². The monoisotopic (exact) mass is 305 g/mol. The third-order valence-corrected chi connectivity index (χ3v) is 3.53. The molecule has 0 bridgehead atoms. The predicted molar refractivity (Wildman–Crippen MR) is 82.4 cm³/mol. The first-order valence-corrected chi connectivity index (χ1v) is 7.38. The van der Waals surface area contributed by atoms with Crippen LogP contribution in [-0.2, 0) is 12.1 Å². The van der Waals surface area contributed by atoms with E-state index in [0.29, 0.717) is 17.2 Å². The molecular formula is C16H23N3O3. The van der Waals surface area contributed by atoms with E-state index in [9.17, 15) is 9.90 Å². The van der Waals surface area contributed by atoms with Crippen LogP contribution in [0.3, 0.4) is 0 Å². The van der Waals surface area contributed by atoms with Crippen LogP contribution >= 0.6 is 0 Å². The fourth-order valence-electron chi connectivity index (χ4n) is 2.22. The summed E-state index contributed by atoms with van der Waals surface area (Å²) >= 11 is 0. The van der Waals surface area contributed by atoms with Gasteiger partial charge in [-0.3, -0.25) is 9.48 Å². The summed E-state index contributed by atoms with van der Waals surface area (Å²) in [5, 5.41) is 17.3. The minimum Gasteiger partial charge on any atom is -0.466 e. The third kappa shape index (κ3) is 3.57. The van der Waals surface area contributed by atoms with Gasteiger partial charge in [0.1, 0.15) is 11.4 Å². The molecule has 0 aliphatic rings. The van der Waals surface area contributed by atoms with Gasteiger partial charge in [-0.05, 0) is 31.9 Å². The Bertz CT molecular complexity index is 627. The lowest BCUT2D eigenvalue weighted by molar-refractivity contribution is 0.0330. The molecule has 6 heteroatoms. The molecule has 0 fully saturated rings. The highest BCUT2D eigenvalue weighted by atomic mass is 16.4. The second-order valence-electron chi connectivity index (χ2n) is 6.15. The number of hydrogen-bond acceptors (Lipinski definition) is 4. The van der Waals surface area contributed by atoms with Crippen LogP contribution in [0.1, 0.15) is 42.6 Å². The van der Waals surface area contributed by atoms with Crippen LogP contribution in [0, 0.1) is 12.8 Å². The van der Waals surface area contributed by atoms with Gasteiger partial charge in [-0.25, -0.2) is 0 Å². The quantitative estimate of drug-likeness (QED) is 0.856. The largest absolute Gasteiger partial charge is 0.466 e. The van der Waals surface area contributed by atoms with Crippen LogP contribution < -0.4 is 5.32 Å². The Balaban J connectivity index is 2.02. The number of carbonyl (C=O) groups excluding carboxylic acids is 1. The van der Waals surface area contributed by atoms with Crippen LogP contribution in [-0.4, -0.2) is 27.3 Å². The molecule has 2 heterocycles. The van der Waals surface area contributed by atoms with Crippen LogP contribution in [0.15, 0.2) is 29.0 Å². The second kappa shape index (κ2) is 6.36. The first-order chi connectivity index (χ1) is 10.3. The second-order valence-corrected chi connectivity index (χ2v) is 6.15. The van der Waals surface area contributed by atoms with E-state index in [1.165, 1.54) is 6.26 Å². The van der Waals surface area contributed by atoms with Crippen LogP contribution in [0.4, 0.5) is 0 Å². The fourth-order valence-corrected chi connectivity index (χ4v) is 2.22. The molecule has 0 aromatic carbocycles. The molecule has 22 heavy (non-hydrogen) atoms. The molecule has 0 aliphatic carbocycles. The molecule has 0 saturated carbocycles. The number of nitrogens with one attached hydrogen (secondary N) is 1. The zero-order chi connectivity index (χ0) is 16.3. The number of hydrogen-bond donors (Lipinski definition) is 2. The summed E-state index contributed by atoms with van der Waals surface area (Å²) in [6, 6.07) is 3.38. The van der Waals surface area contributed by atoms with Crippen molar-refractivity contribution in [1.82, 2.24) is 15.1 Å². The topological polar surface area (TPSA) is 80.3 Å². The Hall–Kier alpha value is -2.08. The molecule has 2 aromatic rings. The van der Waals surface area contributed by atoms with Gasteiger partial charge in [0.25, 0.3) is 5.91 Å². The van der Waals surface area contributed by atoms with E-state index in [4.69, 9.17) is 4.42 Å². The SMILES string of the molecule is Cc1c(C(=O)NCC(C)(O)c2ccco2)cnn1CC(C)C. The standard InChI is InChI=1S/C16H23N3O3/c1-11(2)9-19-12(3)13(8-18-19)15(20)17-10-16(4,21)14-6-5-7-22-14/h5-8,11,21H,9-10H2,1-4H3,(H,17,20). The maximum Gasteiger partial charge on any atom is 0.254 e. The van der Waals surface area contributed by atoms with Crippen molar-refractivity contribution < 1.29 is 14.3 Å². The molecule has 0 radical (unpaired) electrons. The molecule has 1 amide bonds. The van der Waals surface area contributed by atoms with Crippen molar-refractivity contribution in [2.45, 2.75) is 39.8 Å². The molecule has 1 unspecified atom stereocenters. The third-order valence-electron chi connectivity index (χ3n) is 3.53. The summed E-state index contributed by atoms with van der Waals surface area (Å²) < 4.78 is 7.01. The fraction of sp³-hybridized carbons (Fsp3) is 0.500. The van der Waals surface area contributed by atoms with Gasteiger partial charge >= 0.3 is 0 Å². The normalized spacial score (nSPS) is 14.1. The Labute approximate surface area is 130 Å². The lowest BCUT2D eigenvalue weighted by Crippen LogP contribution is -2.38. The van der Waals surface area contributed by atoms with Gasteiger partial charge in [0.2, 0.25) is 0 Å². The molecule has 120 valence electrons. The zero-order valence-electron chi connectivity index (χ0n) is 13.5. The van der Waals surface area contributed by atoms with Crippen LogP contribution in [0.25, 0.3) is 0 Å². The Kier molecular flexibility index (Phi) is 4.71. The van der Waals surface area contributed by atoms with Gasteiger partial charge in [-0.2, -0.15) is 5.10 Å². The summed E-state index contributed by atoms with van der Waals surface area (Å²) in [5.41, 5.74) is 0.0980. The predicted octanol–water partition coefficient (Wildman–Crippen LogP) is 2.08. The number of aromatic nitrogens is 2. The molecule has 0 aliphatic heterocycles. The van der Waals surface area contributed by atoms with Crippen molar-refractivity contribution in [2.75, 3.05) is 6.54 Å². The summed E-state index contributed by atoms with van der Waals surface area (Å²) in [6.07, 6.45) is 3.06. The van der Waals surface area contributed by atoms with E-state index in [-0.39, 0.29) is 12.5 Å². The molecule has 1 atom stereocenters. The summed E-state index contributed by atoms with van der Waals surface area (Å²) in [4.78, 5) is 12.3.